The van der Waals surface area contributed by atoms with Gasteiger partial charge in [-0.15, -0.1) is 0 Å². The molecular weight excluding hydrogens is 506 g/mol. The van der Waals surface area contributed by atoms with Gasteiger partial charge in [-0.3, -0.25) is 9.36 Å². The molecule has 0 spiro atoms. The molecule has 2 fully saturated rings. The van der Waals surface area contributed by atoms with Crippen molar-refractivity contribution in [1.82, 2.24) is 19.5 Å². The van der Waals surface area contributed by atoms with Crippen molar-refractivity contribution in [1.29, 1.82) is 0 Å². The number of hydrogen-bond donors (Lipinski definition) is 1. The highest BCUT2D eigenvalue weighted by atomic mass is 19.3. The lowest BCUT2D eigenvalue weighted by Crippen LogP contribution is -2.37. The smallest absolute Gasteiger partial charge is 0.306 e. The molecule has 210 valence electrons. The predicted octanol–water partition coefficient (Wildman–Crippen LogP) is 5.29. The zero-order chi connectivity index (χ0) is 27.6. The lowest BCUT2D eigenvalue weighted by Gasteiger charge is -2.31. The zero-order valence-corrected chi connectivity index (χ0v) is 22.7. The number of carbonyl (C=O) groups excluding carboxylic acids is 1. The summed E-state index contributed by atoms with van der Waals surface area (Å²) in [6.45, 7) is 7.97. The molecule has 9 nitrogen and oxygen atoms in total. The van der Waals surface area contributed by atoms with Crippen LogP contribution in [0.2, 0.25) is 0 Å². The van der Waals surface area contributed by atoms with Crippen molar-refractivity contribution in [2.24, 2.45) is 5.92 Å². The molecule has 1 saturated heterocycles. The van der Waals surface area contributed by atoms with Crippen LogP contribution in [0.4, 0.5) is 20.5 Å². The minimum absolute atomic E-state index is 0.147. The lowest BCUT2D eigenvalue weighted by molar-refractivity contribution is -0.156. The van der Waals surface area contributed by atoms with Crippen molar-refractivity contribution in [2.45, 2.75) is 70.9 Å². The number of nitrogens with one attached hydrogen (secondary N) is 1. The third kappa shape index (κ3) is 6.63. The first-order valence-electron chi connectivity index (χ1n) is 13.6. The normalized spacial score (nSPS) is 20.4. The van der Waals surface area contributed by atoms with E-state index < -0.39 is 12.0 Å². The van der Waals surface area contributed by atoms with Crippen LogP contribution in [0.5, 0.6) is 0 Å². The first-order valence-corrected chi connectivity index (χ1v) is 13.6. The highest BCUT2D eigenvalue weighted by Gasteiger charge is 2.27. The van der Waals surface area contributed by atoms with Gasteiger partial charge >= 0.3 is 5.97 Å². The summed E-state index contributed by atoms with van der Waals surface area (Å²) in [6, 6.07) is 8.93. The molecule has 5 rings (SSSR count). The topological polar surface area (TPSA) is 94.4 Å². The van der Waals surface area contributed by atoms with E-state index in [1.54, 1.807) is 30.3 Å². The average Bonchev–Trinajstić information content (AvgIpc) is 3.29. The number of hydrogen-bond acceptors (Lipinski definition) is 8. The first-order chi connectivity index (χ1) is 18.7. The summed E-state index contributed by atoms with van der Waals surface area (Å²) < 4.78 is 40.6. The van der Waals surface area contributed by atoms with Crippen LogP contribution in [0.3, 0.4) is 0 Å². The van der Waals surface area contributed by atoms with Crippen molar-refractivity contribution < 1.29 is 23.0 Å². The highest BCUT2D eigenvalue weighted by molar-refractivity contribution is 5.78. The van der Waals surface area contributed by atoms with Gasteiger partial charge in [0.25, 0.3) is 6.43 Å². The summed E-state index contributed by atoms with van der Waals surface area (Å²) in [5.41, 5.74) is 0.564. The van der Waals surface area contributed by atoms with E-state index in [1.165, 1.54) is 4.57 Å². The van der Waals surface area contributed by atoms with Crippen LogP contribution in [-0.2, 0) is 14.3 Å². The molecule has 1 aliphatic heterocycles. The largest absolute Gasteiger partial charge is 0.460 e. The molecule has 11 heteroatoms. The van der Waals surface area contributed by atoms with E-state index in [4.69, 9.17) is 19.4 Å². The van der Waals surface area contributed by atoms with Crippen LogP contribution in [0.1, 0.15) is 65.1 Å². The molecule has 1 aliphatic carbocycles. The number of rotatable bonds is 7. The van der Waals surface area contributed by atoms with E-state index in [-0.39, 0.29) is 23.8 Å². The summed E-state index contributed by atoms with van der Waals surface area (Å²) in [6.07, 6.45) is 1.19. The Morgan fingerprint density at radius 3 is 2.51 bits per heavy atom. The molecule has 3 aromatic rings. The van der Waals surface area contributed by atoms with Gasteiger partial charge in [-0.05, 0) is 64.5 Å². The van der Waals surface area contributed by atoms with Gasteiger partial charge in [-0.2, -0.15) is 9.97 Å². The quantitative estimate of drug-likeness (QED) is 0.403. The molecule has 0 amide bonds. The second-order valence-corrected chi connectivity index (χ2v) is 11.3. The zero-order valence-electron chi connectivity index (χ0n) is 22.7. The van der Waals surface area contributed by atoms with Crippen molar-refractivity contribution in [3.8, 4) is 5.82 Å². The molecule has 1 N–H and O–H groups in total. The van der Waals surface area contributed by atoms with Crippen LogP contribution in [-0.4, -0.2) is 63.4 Å². The van der Waals surface area contributed by atoms with E-state index in [1.807, 2.05) is 25.7 Å². The number of anilines is 2. The van der Waals surface area contributed by atoms with Crippen LogP contribution >= 0.6 is 0 Å². The number of halogens is 2. The maximum absolute atomic E-state index is 14.1. The Hall–Kier alpha value is -3.34. The van der Waals surface area contributed by atoms with E-state index in [2.05, 4.69) is 10.3 Å². The second-order valence-electron chi connectivity index (χ2n) is 11.3. The summed E-state index contributed by atoms with van der Waals surface area (Å²) in [4.78, 5) is 28.0. The van der Waals surface area contributed by atoms with Crippen molar-refractivity contribution in [3.63, 3.8) is 0 Å². The fraction of sp³-hybridized carbons (Fsp3) is 0.571. The standard InChI is InChI=1S/C28H36F2N6O3/c1-28(2,3)39-24(37)16-18-8-10-19(11-9-18)31-22-17-23(34-27(33-22)35-12-14-38-15-13-35)36-21-7-5-4-6-20(21)32-26(36)25(29)30/h4-7,17-19,25H,8-16H2,1-3H3,(H,31,33,34). The van der Waals surface area contributed by atoms with Gasteiger partial charge in [0, 0.05) is 31.6 Å². The molecule has 39 heavy (non-hydrogen) atoms. The Balaban J connectivity index is 1.38. The summed E-state index contributed by atoms with van der Waals surface area (Å²) >= 11 is 0. The fourth-order valence-electron chi connectivity index (χ4n) is 5.29. The number of carbonyl (C=O) groups is 1. The Morgan fingerprint density at radius 1 is 1.10 bits per heavy atom. The van der Waals surface area contributed by atoms with E-state index in [0.29, 0.717) is 61.3 Å². The third-order valence-corrected chi connectivity index (χ3v) is 7.08. The number of aromatic nitrogens is 4. The molecule has 2 aliphatic rings. The van der Waals surface area contributed by atoms with Crippen LogP contribution in [0, 0.1) is 5.92 Å². The molecular formula is C28H36F2N6O3. The van der Waals surface area contributed by atoms with Crippen LogP contribution in [0.25, 0.3) is 16.9 Å². The van der Waals surface area contributed by atoms with E-state index >= 15 is 0 Å². The van der Waals surface area contributed by atoms with Gasteiger partial charge in [0.15, 0.2) is 5.82 Å². The number of alkyl halides is 2. The molecule has 0 atom stereocenters. The highest BCUT2D eigenvalue weighted by Crippen LogP contribution is 2.32. The van der Waals surface area contributed by atoms with Gasteiger partial charge in [-0.1, -0.05) is 12.1 Å². The van der Waals surface area contributed by atoms with Gasteiger partial charge in [-0.25, -0.2) is 13.8 Å². The number of esters is 1. The number of ether oxygens (including phenoxy) is 2. The summed E-state index contributed by atoms with van der Waals surface area (Å²) in [5, 5.41) is 3.53. The first kappa shape index (κ1) is 27.2. The minimum atomic E-state index is -2.77. The predicted molar refractivity (Wildman–Crippen MR) is 144 cm³/mol. The molecule has 0 radical (unpaired) electrons. The summed E-state index contributed by atoms with van der Waals surface area (Å²) in [7, 11) is 0. The number of fused-ring (bicyclic) bond motifs is 1. The van der Waals surface area contributed by atoms with Crippen LogP contribution < -0.4 is 10.2 Å². The molecule has 3 heterocycles. The SMILES string of the molecule is CC(C)(C)OC(=O)CC1CCC(Nc2cc(-n3c(C(F)F)nc4ccccc43)nc(N3CCOCC3)n2)CC1. The fourth-order valence-corrected chi connectivity index (χ4v) is 5.29. The van der Waals surface area contributed by atoms with Crippen molar-refractivity contribution in [2.75, 3.05) is 36.5 Å². The molecule has 0 bridgehead atoms. The lowest BCUT2D eigenvalue weighted by atomic mass is 9.84. The van der Waals surface area contributed by atoms with E-state index in [0.717, 1.165) is 25.7 Å². The van der Waals surface area contributed by atoms with Crippen molar-refractivity contribution in [3.05, 3.63) is 36.2 Å². The number of benzene rings is 1. The molecule has 1 saturated carbocycles. The average molecular weight is 543 g/mol. The molecule has 1 aromatic carbocycles. The summed E-state index contributed by atoms with van der Waals surface area (Å²) in [5.74, 6) is 1.17. The third-order valence-electron chi connectivity index (χ3n) is 7.08. The van der Waals surface area contributed by atoms with Gasteiger partial charge in [0.2, 0.25) is 5.95 Å². The Morgan fingerprint density at radius 2 is 1.82 bits per heavy atom. The number of morpholine rings is 1. The van der Waals surface area contributed by atoms with Crippen molar-refractivity contribution >= 4 is 28.8 Å². The Bertz CT molecular complexity index is 1290. The number of para-hydroxylation sites is 2. The number of nitrogens with zero attached hydrogens (tertiary/aromatic N) is 5. The maximum atomic E-state index is 14.1. The van der Waals surface area contributed by atoms with Gasteiger partial charge in [0.1, 0.15) is 17.2 Å². The Kier molecular flexibility index (Phi) is 7.97. The monoisotopic (exact) mass is 542 g/mol. The minimum Gasteiger partial charge on any atom is -0.460 e. The number of imidazole rings is 1. The van der Waals surface area contributed by atoms with Crippen LogP contribution in [0.15, 0.2) is 30.3 Å². The van der Waals surface area contributed by atoms with Gasteiger partial charge in [0.05, 0.1) is 24.2 Å². The maximum Gasteiger partial charge on any atom is 0.306 e. The molecule has 2 aromatic heterocycles. The second kappa shape index (κ2) is 11.4. The molecule has 0 unspecified atom stereocenters. The van der Waals surface area contributed by atoms with E-state index in [9.17, 15) is 13.6 Å². The van der Waals surface area contributed by atoms with Gasteiger partial charge < -0.3 is 19.7 Å². The Labute approximate surface area is 226 Å².